The molecule has 0 fully saturated rings. The Hall–Kier alpha value is -2.48. The zero-order chi connectivity index (χ0) is 13.8. The quantitative estimate of drug-likeness (QED) is 0.860. The van der Waals surface area contributed by atoms with Crippen LogP contribution in [0.25, 0.3) is 6.08 Å². The highest BCUT2D eigenvalue weighted by Crippen LogP contribution is 2.09. The van der Waals surface area contributed by atoms with E-state index in [9.17, 15) is 18.8 Å². The number of aromatic nitrogens is 2. The fraction of sp³-hybridized carbons (Fsp3) is 0. The zero-order valence-corrected chi connectivity index (χ0v) is 10.2. The van der Waals surface area contributed by atoms with E-state index in [2.05, 4.69) is 5.32 Å². The molecule has 2 aromatic rings. The minimum atomic E-state index is -1.21. The maximum absolute atomic E-state index is 13.0. The van der Waals surface area contributed by atoms with Gasteiger partial charge in [0.15, 0.2) is 0 Å². The minimum absolute atomic E-state index is 0.440. The van der Waals surface area contributed by atoms with E-state index in [1.54, 1.807) is 11.1 Å². The summed E-state index contributed by atoms with van der Waals surface area (Å²) in [5.74, 6) is -1.21. The molecule has 1 amide bonds. The van der Waals surface area contributed by atoms with Crippen molar-refractivity contribution < 1.29 is 9.18 Å². The second kappa shape index (κ2) is 5.44. The van der Waals surface area contributed by atoms with Gasteiger partial charge in [0.2, 0.25) is 5.82 Å². The molecule has 8 heteroatoms. The molecule has 0 unspecified atom stereocenters. The van der Waals surface area contributed by atoms with Crippen molar-refractivity contribution in [1.82, 2.24) is 14.9 Å². The van der Waals surface area contributed by atoms with E-state index in [4.69, 9.17) is 0 Å². The molecule has 19 heavy (non-hydrogen) atoms. The Labute approximate surface area is 109 Å². The van der Waals surface area contributed by atoms with Crippen molar-refractivity contribution in [1.29, 1.82) is 0 Å². The van der Waals surface area contributed by atoms with Crippen molar-refractivity contribution in [2.75, 3.05) is 0 Å². The fourth-order valence-corrected chi connectivity index (χ4v) is 1.87. The van der Waals surface area contributed by atoms with Crippen LogP contribution >= 0.6 is 11.3 Å². The number of hydrogen-bond donors (Lipinski definition) is 2. The first-order valence-corrected chi connectivity index (χ1v) is 5.98. The third kappa shape index (κ3) is 3.05. The average molecular weight is 281 g/mol. The van der Waals surface area contributed by atoms with Crippen molar-refractivity contribution in [3.8, 4) is 0 Å². The largest absolute Gasteiger partial charge is 0.336 e. The summed E-state index contributed by atoms with van der Waals surface area (Å²) >= 11 is 1.46. The first-order chi connectivity index (χ1) is 9.08. The Morgan fingerprint density at radius 2 is 2.26 bits per heavy atom. The molecule has 98 valence electrons. The van der Waals surface area contributed by atoms with Crippen LogP contribution in [-0.4, -0.2) is 15.6 Å². The van der Waals surface area contributed by atoms with E-state index in [1.165, 1.54) is 17.5 Å². The van der Waals surface area contributed by atoms with Gasteiger partial charge in [0.25, 0.3) is 5.56 Å². The lowest BCUT2D eigenvalue weighted by Gasteiger charge is -2.02. The molecule has 6 nitrogen and oxygen atoms in total. The van der Waals surface area contributed by atoms with Crippen LogP contribution in [-0.2, 0) is 0 Å². The smallest absolute Gasteiger partial charge is 0.314 e. The van der Waals surface area contributed by atoms with Gasteiger partial charge in [0.1, 0.15) is 0 Å². The lowest BCUT2D eigenvalue weighted by atomic mass is 10.4. The number of rotatable bonds is 2. The first kappa shape index (κ1) is 13.0. The van der Waals surface area contributed by atoms with E-state index in [1.807, 2.05) is 17.5 Å². The highest BCUT2D eigenvalue weighted by molar-refractivity contribution is 7.10. The topological polar surface area (TPSA) is 84.0 Å². The average Bonchev–Trinajstić information content (AvgIpc) is 2.86. The Bertz CT molecular complexity index is 730. The molecular formula is C11H8FN3O3S. The van der Waals surface area contributed by atoms with Gasteiger partial charge in [-0.1, -0.05) is 6.07 Å². The summed E-state index contributed by atoms with van der Waals surface area (Å²) in [4.78, 5) is 36.2. The number of halogens is 1. The standard InChI is InChI=1S/C11H8FN3O3S/c12-8-6-15(11(18)14-9(8)16)10(17)13-4-3-7-2-1-5-19-7/h1-6H,(H,13,17)(H,14,16,18). The first-order valence-electron chi connectivity index (χ1n) is 5.10. The number of carbonyl (C=O) groups is 1. The Morgan fingerprint density at radius 1 is 1.47 bits per heavy atom. The van der Waals surface area contributed by atoms with E-state index >= 15 is 0 Å². The SMILES string of the molecule is O=C(NC=Cc1cccs1)n1cc(F)c(=O)[nH]c1=O. The zero-order valence-electron chi connectivity index (χ0n) is 9.42. The molecule has 0 spiro atoms. The highest BCUT2D eigenvalue weighted by atomic mass is 32.1. The van der Waals surface area contributed by atoms with Crippen molar-refractivity contribution in [3.63, 3.8) is 0 Å². The number of amides is 1. The van der Waals surface area contributed by atoms with Gasteiger partial charge in [0.05, 0.1) is 6.20 Å². The lowest BCUT2D eigenvalue weighted by molar-refractivity contribution is 0.244. The van der Waals surface area contributed by atoms with Crippen molar-refractivity contribution in [3.05, 3.63) is 61.4 Å². The van der Waals surface area contributed by atoms with Crippen LogP contribution in [0.3, 0.4) is 0 Å². The minimum Gasteiger partial charge on any atom is -0.314 e. The van der Waals surface area contributed by atoms with Crippen LogP contribution in [0, 0.1) is 5.82 Å². The van der Waals surface area contributed by atoms with Crippen molar-refractivity contribution >= 4 is 23.4 Å². The molecule has 0 bridgehead atoms. The van der Waals surface area contributed by atoms with E-state index in [-0.39, 0.29) is 0 Å². The summed E-state index contributed by atoms with van der Waals surface area (Å²) in [6.07, 6.45) is 3.48. The van der Waals surface area contributed by atoms with E-state index in [0.717, 1.165) is 4.88 Å². The fourth-order valence-electron chi connectivity index (χ4n) is 1.25. The van der Waals surface area contributed by atoms with Gasteiger partial charge in [-0.15, -0.1) is 11.3 Å². The number of thiophene rings is 1. The molecule has 0 aliphatic carbocycles. The number of H-pyrrole nitrogens is 1. The second-order valence-corrected chi connectivity index (χ2v) is 4.38. The van der Waals surface area contributed by atoms with Gasteiger partial charge < -0.3 is 5.32 Å². The highest BCUT2D eigenvalue weighted by Gasteiger charge is 2.09. The number of carbonyl (C=O) groups excluding carboxylic acids is 1. The van der Waals surface area contributed by atoms with Crippen LogP contribution in [0.4, 0.5) is 9.18 Å². The Balaban J connectivity index is 2.15. The number of aromatic amines is 1. The van der Waals surface area contributed by atoms with E-state index in [0.29, 0.717) is 10.8 Å². The van der Waals surface area contributed by atoms with Gasteiger partial charge in [-0.25, -0.2) is 14.2 Å². The molecule has 2 N–H and O–H groups in total. The lowest BCUT2D eigenvalue weighted by Crippen LogP contribution is -2.39. The van der Waals surface area contributed by atoms with Crippen molar-refractivity contribution in [2.24, 2.45) is 0 Å². The molecule has 2 heterocycles. The monoisotopic (exact) mass is 281 g/mol. The van der Waals surface area contributed by atoms with Gasteiger partial charge in [-0.3, -0.25) is 9.78 Å². The molecule has 0 aliphatic heterocycles. The normalized spacial score (nSPS) is 10.8. The van der Waals surface area contributed by atoms with Crippen LogP contribution in [0.5, 0.6) is 0 Å². The Kier molecular flexibility index (Phi) is 3.71. The van der Waals surface area contributed by atoms with Crippen LogP contribution in [0.1, 0.15) is 4.88 Å². The van der Waals surface area contributed by atoms with Crippen LogP contribution in [0.15, 0.2) is 39.5 Å². The Morgan fingerprint density at radius 3 is 2.95 bits per heavy atom. The molecular weight excluding hydrogens is 273 g/mol. The van der Waals surface area contributed by atoms with Crippen molar-refractivity contribution in [2.45, 2.75) is 0 Å². The number of nitrogens with one attached hydrogen (secondary N) is 2. The molecule has 0 aliphatic rings. The predicted molar refractivity (Wildman–Crippen MR) is 68.6 cm³/mol. The summed E-state index contributed by atoms with van der Waals surface area (Å²) in [6.45, 7) is 0. The summed E-state index contributed by atoms with van der Waals surface area (Å²) in [6, 6.07) is 2.81. The molecule has 2 rings (SSSR count). The number of nitrogens with zero attached hydrogens (tertiary/aromatic N) is 1. The van der Waals surface area contributed by atoms with Gasteiger partial charge in [0, 0.05) is 11.1 Å². The molecule has 0 saturated heterocycles. The summed E-state index contributed by atoms with van der Waals surface area (Å²) in [5.41, 5.74) is -2.17. The predicted octanol–water partition coefficient (Wildman–Crippen LogP) is 0.966. The molecule has 2 aromatic heterocycles. The van der Waals surface area contributed by atoms with Crippen LogP contribution in [0.2, 0.25) is 0 Å². The van der Waals surface area contributed by atoms with Gasteiger partial charge in [-0.2, -0.15) is 4.39 Å². The molecule has 0 aromatic carbocycles. The van der Waals surface area contributed by atoms with Gasteiger partial charge in [-0.05, 0) is 17.5 Å². The third-order valence-electron chi connectivity index (χ3n) is 2.12. The summed E-state index contributed by atoms with van der Waals surface area (Å²) in [7, 11) is 0. The molecule has 0 radical (unpaired) electrons. The molecule has 0 atom stereocenters. The summed E-state index contributed by atoms with van der Waals surface area (Å²) < 4.78 is 13.4. The second-order valence-electron chi connectivity index (χ2n) is 3.40. The van der Waals surface area contributed by atoms with Gasteiger partial charge >= 0.3 is 11.7 Å². The third-order valence-corrected chi connectivity index (χ3v) is 2.95. The summed E-state index contributed by atoms with van der Waals surface area (Å²) in [5, 5.41) is 4.15. The van der Waals surface area contributed by atoms with E-state index < -0.39 is 23.1 Å². The van der Waals surface area contributed by atoms with Crippen LogP contribution < -0.4 is 16.6 Å². The molecule has 0 saturated carbocycles. The maximum atomic E-state index is 13.0. The maximum Gasteiger partial charge on any atom is 0.336 e. The number of hydrogen-bond acceptors (Lipinski definition) is 4.